The quantitative estimate of drug-likeness (QED) is 0.335. The molecule has 0 fully saturated rings. The average molecular weight is 345 g/mol. The van der Waals surface area contributed by atoms with Crippen molar-refractivity contribution >= 4 is 23.0 Å². The van der Waals surface area contributed by atoms with Crippen LogP contribution in [0.5, 0.6) is 0 Å². The topological polar surface area (TPSA) is 104 Å². The molecule has 3 aromatic carbocycles. The van der Waals surface area contributed by atoms with Gasteiger partial charge in [0, 0.05) is 12.0 Å². The summed E-state index contributed by atoms with van der Waals surface area (Å²) < 4.78 is 4.78. The van der Waals surface area contributed by atoms with Crippen molar-refractivity contribution in [1.29, 1.82) is 0 Å². The molecule has 0 amide bonds. The van der Waals surface area contributed by atoms with Crippen molar-refractivity contribution in [1.82, 2.24) is 0 Å². The molecule has 0 bridgehead atoms. The molecule has 26 heavy (non-hydrogen) atoms. The Bertz CT molecular complexity index is 1030. The lowest BCUT2D eigenvalue weighted by Crippen LogP contribution is -2.03. The van der Waals surface area contributed by atoms with Gasteiger partial charge in [0.1, 0.15) is 6.61 Å². The minimum atomic E-state index is -0.199. The summed E-state index contributed by atoms with van der Waals surface area (Å²) in [5.41, 5.74) is 25.8. The Balaban J connectivity index is 0.000000144. The maximum Gasteiger partial charge on any atom is 0.338 e. The highest BCUT2D eigenvalue weighted by Gasteiger charge is 2.22. The molecule has 6 N–H and O–H groups in total. The van der Waals surface area contributed by atoms with Crippen molar-refractivity contribution in [3.05, 3.63) is 76.9 Å². The number of carbonyl (C=O) groups excluding carboxylic acids is 1. The minimum absolute atomic E-state index is 0.199. The molecule has 1 aliphatic heterocycles. The third kappa shape index (κ3) is 2.54. The molecule has 1 aliphatic carbocycles. The summed E-state index contributed by atoms with van der Waals surface area (Å²) in [6, 6.07) is 17.6. The second-order valence-electron chi connectivity index (χ2n) is 6.39. The van der Waals surface area contributed by atoms with E-state index in [9.17, 15) is 4.79 Å². The smallest absolute Gasteiger partial charge is 0.338 e. The second kappa shape index (κ2) is 6.11. The average Bonchev–Trinajstić information content (AvgIpc) is 3.22. The highest BCUT2D eigenvalue weighted by atomic mass is 16.5. The normalized spacial score (nSPS) is 13.2. The van der Waals surface area contributed by atoms with Crippen LogP contribution in [0, 0.1) is 0 Å². The first-order chi connectivity index (χ1) is 12.6. The van der Waals surface area contributed by atoms with Crippen LogP contribution >= 0.6 is 0 Å². The lowest BCUT2D eigenvalue weighted by atomic mass is 10.0. The fourth-order valence-corrected chi connectivity index (χ4v) is 3.41. The number of fused-ring (bicyclic) bond motifs is 4. The summed E-state index contributed by atoms with van der Waals surface area (Å²) in [6.07, 6.45) is 0.849. The van der Waals surface area contributed by atoms with Gasteiger partial charge in [0.25, 0.3) is 0 Å². The fourth-order valence-electron chi connectivity index (χ4n) is 3.41. The van der Waals surface area contributed by atoms with Crippen molar-refractivity contribution in [2.75, 3.05) is 17.2 Å². The van der Waals surface area contributed by atoms with E-state index in [0.29, 0.717) is 29.2 Å². The predicted molar refractivity (Wildman–Crippen MR) is 103 cm³/mol. The molecular formula is C21H19N3O2. The van der Waals surface area contributed by atoms with E-state index in [-0.39, 0.29) is 5.97 Å². The van der Waals surface area contributed by atoms with E-state index in [1.807, 2.05) is 36.4 Å². The van der Waals surface area contributed by atoms with Gasteiger partial charge in [-0.15, -0.1) is 0 Å². The number of nitrogens with two attached hydrogens (primary N) is 3. The number of carbonyl (C=O) groups is 1. The largest absolute Gasteiger partial charge is 0.457 e. The van der Waals surface area contributed by atoms with E-state index in [0.717, 1.165) is 23.1 Å². The standard InChI is InChI=1S/C13H13N3.C8H6O2/c14-11-6-9-8-4-2-1-3-7(8)5-10(9)12(15)13(11)16;9-8-7-4-2-1-3-6(7)5-10-8/h1-4,6H,5,14-16H2;1-4H,5H2. The van der Waals surface area contributed by atoms with Crippen molar-refractivity contribution in [3.63, 3.8) is 0 Å². The van der Waals surface area contributed by atoms with Crippen molar-refractivity contribution in [3.8, 4) is 11.1 Å². The van der Waals surface area contributed by atoms with E-state index in [1.54, 1.807) is 6.07 Å². The predicted octanol–water partition coefficient (Wildman–Crippen LogP) is 3.36. The van der Waals surface area contributed by atoms with Gasteiger partial charge < -0.3 is 21.9 Å². The summed E-state index contributed by atoms with van der Waals surface area (Å²) in [5.74, 6) is -0.199. The third-order valence-corrected chi connectivity index (χ3v) is 4.82. The Hall–Kier alpha value is -3.47. The van der Waals surface area contributed by atoms with Gasteiger partial charge in [-0.2, -0.15) is 0 Å². The van der Waals surface area contributed by atoms with Gasteiger partial charge in [0.2, 0.25) is 0 Å². The lowest BCUT2D eigenvalue weighted by Gasteiger charge is -2.10. The number of hydrogen-bond acceptors (Lipinski definition) is 5. The van der Waals surface area contributed by atoms with Crippen LogP contribution in [0.4, 0.5) is 17.1 Å². The van der Waals surface area contributed by atoms with Crippen molar-refractivity contribution < 1.29 is 9.53 Å². The van der Waals surface area contributed by atoms with Crippen LogP contribution in [0.15, 0.2) is 54.6 Å². The number of esters is 1. The molecule has 0 saturated carbocycles. The minimum Gasteiger partial charge on any atom is -0.457 e. The van der Waals surface area contributed by atoms with Crippen LogP contribution in [-0.2, 0) is 17.8 Å². The Morgan fingerprint density at radius 1 is 0.769 bits per heavy atom. The van der Waals surface area contributed by atoms with Crippen LogP contribution in [0.2, 0.25) is 0 Å². The Labute approximate surface area is 151 Å². The van der Waals surface area contributed by atoms with Gasteiger partial charge in [-0.25, -0.2) is 4.79 Å². The molecule has 130 valence electrons. The van der Waals surface area contributed by atoms with Crippen LogP contribution in [0.3, 0.4) is 0 Å². The number of ether oxygens (including phenoxy) is 1. The summed E-state index contributed by atoms with van der Waals surface area (Å²) in [5, 5.41) is 0. The zero-order valence-corrected chi connectivity index (χ0v) is 14.2. The molecule has 3 aromatic rings. The van der Waals surface area contributed by atoms with E-state index >= 15 is 0 Å². The van der Waals surface area contributed by atoms with Gasteiger partial charge >= 0.3 is 5.97 Å². The zero-order chi connectivity index (χ0) is 18.3. The van der Waals surface area contributed by atoms with E-state index in [4.69, 9.17) is 21.9 Å². The number of rotatable bonds is 0. The molecule has 0 aromatic heterocycles. The summed E-state index contributed by atoms with van der Waals surface area (Å²) >= 11 is 0. The fraction of sp³-hybridized carbons (Fsp3) is 0.0952. The first kappa shape index (κ1) is 16.0. The van der Waals surface area contributed by atoms with E-state index in [2.05, 4.69) is 12.1 Å². The van der Waals surface area contributed by atoms with Crippen LogP contribution in [0.1, 0.15) is 27.0 Å². The molecular weight excluding hydrogens is 326 g/mol. The number of anilines is 3. The highest BCUT2D eigenvalue weighted by molar-refractivity contribution is 5.93. The van der Waals surface area contributed by atoms with Gasteiger partial charge in [0.05, 0.1) is 22.6 Å². The maximum absolute atomic E-state index is 10.8. The maximum atomic E-state index is 10.8. The Morgan fingerprint density at radius 2 is 1.42 bits per heavy atom. The molecule has 1 heterocycles. The number of benzene rings is 3. The summed E-state index contributed by atoms with van der Waals surface area (Å²) in [7, 11) is 0. The first-order valence-electron chi connectivity index (χ1n) is 8.36. The van der Waals surface area contributed by atoms with Crippen LogP contribution < -0.4 is 17.2 Å². The van der Waals surface area contributed by atoms with Crippen molar-refractivity contribution in [2.24, 2.45) is 0 Å². The third-order valence-electron chi connectivity index (χ3n) is 4.82. The van der Waals surface area contributed by atoms with Gasteiger partial charge in [0.15, 0.2) is 0 Å². The molecule has 0 radical (unpaired) electrons. The number of cyclic esters (lactones) is 1. The lowest BCUT2D eigenvalue weighted by molar-refractivity contribution is 0.0535. The summed E-state index contributed by atoms with van der Waals surface area (Å²) in [6.45, 7) is 0.439. The van der Waals surface area contributed by atoms with E-state index in [1.165, 1.54) is 11.1 Å². The molecule has 0 atom stereocenters. The number of nitrogen functional groups attached to an aromatic ring is 3. The molecule has 0 saturated heterocycles. The monoisotopic (exact) mass is 345 g/mol. The van der Waals surface area contributed by atoms with Gasteiger partial charge in [-0.3, -0.25) is 0 Å². The van der Waals surface area contributed by atoms with Crippen LogP contribution in [-0.4, -0.2) is 5.97 Å². The Morgan fingerprint density at radius 3 is 2.15 bits per heavy atom. The highest BCUT2D eigenvalue weighted by Crippen LogP contribution is 2.43. The number of hydrogen-bond donors (Lipinski definition) is 3. The summed E-state index contributed by atoms with van der Waals surface area (Å²) in [4.78, 5) is 10.8. The van der Waals surface area contributed by atoms with Gasteiger partial charge in [-0.1, -0.05) is 42.5 Å². The van der Waals surface area contributed by atoms with Crippen LogP contribution in [0.25, 0.3) is 11.1 Å². The Kier molecular flexibility index (Phi) is 3.77. The van der Waals surface area contributed by atoms with E-state index < -0.39 is 0 Å². The molecule has 2 aliphatic rings. The molecule has 0 unspecified atom stereocenters. The molecule has 5 nitrogen and oxygen atoms in total. The second-order valence-corrected chi connectivity index (χ2v) is 6.39. The van der Waals surface area contributed by atoms with Crippen molar-refractivity contribution in [2.45, 2.75) is 13.0 Å². The first-order valence-corrected chi connectivity index (χ1v) is 8.36. The van der Waals surface area contributed by atoms with Gasteiger partial charge in [-0.05, 0) is 34.4 Å². The molecule has 5 rings (SSSR count). The SMILES string of the molecule is Nc1cc2c(c(N)c1N)Cc1ccccc1-2.O=C1OCc2ccccc21. The molecule has 5 heteroatoms. The molecule has 0 spiro atoms. The zero-order valence-electron chi connectivity index (χ0n) is 14.2.